The van der Waals surface area contributed by atoms with Crippen molar-refractivity contribution in [2.24, 2.45) is 0 Å². The largest absolute Gasteiger partial charge is 0.368 e. The first-order chi connectivity index (χ1) is 8.22. The molecule has 0 aliphatic carbocycles. The van der Waals surface area contributed by atoms with E-state index in [4.69, 9.17) is 5.73 Å². The fourth-order valence-electron chi connectivity index (χ4n) is 1.57. The molecule has 0 aliphatic rings. The van der Waals surface area contributed by atoms with Gasteiger partial charge >= 0.3 is 0 Å². The van der Waals surface area contributed by atoms with Crippen molar-refractivity contribution in [2.75, 3.05) is 5.73 Å². The van der Waals surface area contributed by atoms with Crippen LogP contribution in [0.2, 0.25) is 0 Å². The van der Waals surface area contributed by atoms with Gasteiger partial charge in [-0.2, -0.15) is 4.98 Å². The minimum absolute atomic E-state index is 0.228. The van der Waals surface area contributed by atoms with E-state index in [-0.39, 0.29) is 5.95 Å². The second kappa shape index (κ2) is 3.81. The Morgan fingerprint density at radius 1 is 1.12 bits per heavy atom. The minimum atomic E-state index is 0.228. The van der Waals surface area contributed by atoms with Crippen LogP contribution in [0.25, 0.3) is 22.6 Å². The Kier molecular flexibility index (Phi) is 2.29. The molecule has 1 aromatic carbocycles. The summed E-state index contributed by atoms with van der Waals surface area (Å²) in [7, 11) is 0. The van der Waals surface area contributed by atoms with Gasteiger partial charge in [0.1, 0.15) is 11.3 Å². The summed E-state index contributed by atoms with van der Waals surface area (Å²) in [4.78, 5) is 15.5. The molecule has 0 saturated carbocycles. The SMILES string of the molecule is Nc1ncc2[nH]c(-c3ccc(Br)cc3)nc2n1. The van der Waals surface area contributed by atoms with Crippen LogP contribution in [0, 0.1) is 0 Å². The van der Waals surface area contributed by atoms with Crippen LogP contribution in [0.3, 0.4) is 0 Å². The predicted molar refractivity (Wildman–Crippen MR) is 69.2 cm³/mol. The zero-order valence-electron chi connectivity index (χ0n) is 8.68. The summed E-state index contributed by atoms with van der Waals surface area (Å²) >= 11 is 3.39. The zero-order chi connectivity index (χ0) is 11.8. The molecule has 3 N–H and O–H groups in total. The maximum Gasteiger partial charge on any atom is 0.222 e. The fraction of sp³-hybridized carbons (Fsp3) is 0. The molecule has 0 aliphatic heterocycles. The number of halogens is 1. The molecule has 6 heteroatoms. The molecule has 0 bridgehead atoms. The molecule has 3 rings (SSSR count). The smallest absolute Gasteiger partial charge is 0.222 e. The number of rotatable bonds is 1. The number of aromatic nitrogens is 4. The first-order valence-corrected chi connectivity index (χ1v) is 5.76. The summed E-state index contributed by atoms with van der Waals surface area (Å²) in [6.07, 6.45) is 1.63. The molecule has 0 atom stereocenters. The van der Waals surface area contributed by atoms with Crippen LogP contribution in [-0.2, 0) is 0 Å². The first kappa shape index (κ1) is 10.2. The molecule has 0 saturated heterocycles. The van der Waals surface area contributed by atoms with Crippen LogP contribution in [0.15, 0.2) is 34.9 Å². The molecule has 0 fully saturated rings. The Hall–Kier alpha value is -1.95. The monoisotopic (exact) mass is 289 g/mol. The van der Waals surface area contributed by atoms with Gasteiger partial charge in [-0.1, -0.05) is 28.1 Å². The molecule has 17 heavy (non-hydrogen) atoms. The molecule has 2 aromatic heterocycles. The van der Waals surface area contributed by atoms with E-state index in [0.717, 1.165) is 21.4 Å². The molecule has 0 spiro atoms. The third kappa shape index (κ3) is 1.87. The van der Waals surface area contributed by atoms with Crippen LogP contribution in [0.1, 0.15) is 0 Å². The Bertz CT molecular complexity index is 674. The summed E-state index contributed by atoms with van der Waals surface area (Å²) in [5.74, 6) is 0.985. The van der Waals surface area contributed by atoms with Crippen molar-refractivity contribution in [2.45, 2.75) is 0 Å². The number of nitrogens with one attached hydrogen (secondary N) is 1. The van der Waals surface area contributed by atoms with E-state index in [1.807, 2.05) is 24.3 Å². The van der Waals surface area contributed by atoms with Crippen molar-refractivity contribution in [3.05, 3.63) is 34.9 Å². The summed E-state index contributed by atoms with van der Waals surface area (Å²) in [5, 5.41) is 0. The summed E-state index contributed by atoms with van der Waals surface area (Å²) in [6, 6.07) is 7.86. The number of fused-ring (bicyclic) bond motifs is 1. The maximum absolute atomic E-state index is 5.51. The molecule has 0 amide bonds. The van der Waals surface area contributed by atoms with Gasteiger partial charge in [0.25, 0.3) is 0 Å². The lowest BCUT2D eigenvalue weighted by molar-refractivity contribution is 1.22. The lowest BCUT2D eigenvalue weighted by Crippen LogP contribution is -1.93. The maximum atomic E-state index is 5.51. The molecule has 0 radical (unpaired) electrons. The molecular formula is C11H8BrN5. The molecule has 84 valence electrons. The van der Waals surface area contributed by atoms with E-state index in [2.05, 4.69) is 35.9 Å². The zero-order valence-corrected chi connectivity index (χ0v) is 10.3. The van der Waals surface area contributed by atoms with Gasteiger partial charge in [-0.25, -0.2) is 9.97 Å². The van der Waals surface area contributed by atoms with Crippen LogP contribution in [-0.4, -0.2) is 19.9 Å². The van der Waals surface area contributed by atoms with Crippen molar-refractivity contribution in [3.63, 3.8) is 0 Å². The van der Waals surface area contributed by atoms with Crippen LogP contribution >= 0.6 is 15.9 Å². The van der Waals surface area contributed by atoms with Gasteiger partial charge in [0.05, 0.1) is 6.20 Å². The van der Waals surface area contributed by atoms with Gasteiger partial charge in [0, 0.05) is 10.0 Å². The van der Waals surface area contributed by atoms with Gasteiger partial charge in [-0.15, -0.1) is 0 Å². The van der Waals surface area contributed by atoms with Crippen LogP contribution < -0.4 is 5.73 Å². The van der Waals surface area contributed by atoms with E-state index < -0.39 is 0 Å². The van der Waals surface area contributed by atoms with Crippen molar-refractivity contribution < 1.29 is 0 Å². The lowest BCUT2D eigenvalue weighted by Gasteiger charge is -1.95. The van der Waals surface area contributed by atoms with E-state index in [0.29, 0.717) is 5.65 Å². The normalized spacial score (nSPS) is 10.9. The summed E-state index contributed by atoms with van der Waals surface area (Å²) in [6.45, 7) is 0. The van der Waals surface area contributed by atoms with Crippen molar-refractivity contribution in [3.8, 4) is 11.4 Å². The van der Waals surface area contributed by atoms with Gasteiger partial charge in [0.15, 0.2) is 5.65 Å². The number of nitrogens with zero attached hydrogens (tertiary/aromatic N) is 3. The number of aromatic amines is 1. The number of nitrogen functional groups attached to an aromatic ring is 1. The van der Waals surface area contributed by atoms with Gasteiger partial charge < -0.3 is 10.7 Å². The number of hydrogen-bond acceptors (Lipinski definition) is 4. The average Bonchev–Trinajstić information content (AvgIpc) is 2.72. The Labute approximate surface area is 105 Å². The number of benzene rings is 1. The Morgan fingerprint density at radius 2 is 1.88 bits per heavy atom. The quantitative estimate of drug-likeness (QED) is 0.721. The van der Waals surface area contributed by atoms with E-state index in [1.165, 1.54) is 0 Å². The molecular weight excluding hydrogens is 282 g/mol. The minimum Gasteiger partial charge on any atom is -0.368 e. The van der Waals surface area contributed by atoms with Crippen molar-refractivity contribution >= 4 is 33.0 Å². The van der Waals surface area contributed by atoms with Gasteiger partial charge in [0.2, 0.25) is 5.95 Å². The lowest BCUT2D eigenvalue weighted by atomic mass is 10.2. The second-order valence-corrected chi connectivity index (χ2v) is 4.47. The third-order valence-corrected chi connectivity index (χ3v) is 2.90. The molecule has 0 unspecified atom stereocenters. The molecule has 5 nitrogen and oxygen atoms in total. The molecule has 2 heterocycles. The standard InChI is InChI=1S/C11H8BrN5/c12-7-3-1-6(2-4-7)9-15-8-5-14-11(13)17-10(8)16-9/h1-5H,(H3,13,14,15,16,17). The van der Waals surface area contributed by atoms with E-state index in [9.17, 15) is 0 Å². The number of H-pyrrole nitrogens is 1. The van der Waals surface area contributed by atoms with Crippen molar-refractivity contribution in [1.82, 2.24) is 19.9 Å². The number of nitrogens with two attached hydrogens (primary N) is 1. The Balaban J connectivity index is 2.14. The van der Waals surface area contributed by atoms with Crippen LogP contribution in [0.5, 0.6) is 0 Å². The van der Waals surface area contributed by atoms with E-state index in [1.54, 1.807) is 6.20 Å². The van der Waals surface area contributed by atoms with Crippen LogP contribution in [0.4, 0.5) is 5.95 Å². The highest BCUT2D eigenvalue weighted by molar-refractivity contribution is 9.10. The highest BCUT2D eigenvalue weighted by Gasteiger charge is 2.06. The fourth-order valence-corrected chi connectivity index (χ4v) is 1.83. The number of imidazole rings is 1. The second-order valence-electron chi connectivity index (χ2n) is 3.56. The third-order valence-electron chi connectivity index (χ3n) is 2.38. The summed E-state index contributed by atoms with van der Waals surface area (Å²) < 4.78 is 1.03. The predicted octanol–water partition coefficient (Wildman–Crippen LogP) is 2.36. The van der Waals surface area contributed by atoms with Crippen molar-refractivity contribution in [1.29, 1.82) is 0 Å². The van der Waals surface area contributed by atoms with Gasteiger partial charge in [-0.05, 0) is 12.1 Å². The Morgan fingerprint density at radius 3 is 2.65 bits per heavy atom. The molecule has 3 aromatic rings. The van der Waals surface area contributed by atoms with E-state index >= 15 is 0 Å². The average molecular weight is 290 g/mol. The number of hydrogen-bond donors (Lipinski definition) is 2. The first-order valence-electron chi connectivity index (χ1n) is 4.96. The summed E-state index contributed by atoms with van der Waals surface area (Å²) in [5.41, 5.74) is 7.85. The topological polar surface area (TPSA) is 80.5 Å². The van der Waals surface area contributed by atoms with Gasteiger partial charge in [-0.3, -0.25) is 0 Å². The highest BCUT2D eigenvalue weighted by Crippen LogP contribution is 2.21. The number of anilines is 1. The highest BCUT2D eigenvalue weighted by atomic mass is 79.9.